The molecule has 3 N–H and O–H groups in total. The lowest BCUT2D eigenvalue weighted by Gasteiger charge is -2.08. The minimum absolute atomic E-state index is 0.145. The molecule has 1 aromatic carbocycles. The van der Waals surface area contributed by atoms with E-state index >= 15 is 0 Å². The van der Waals surface area contributed by atoms with Crippen LogP contribution in [0.4, 0.5) is 11.4 Å². The molecule has 9 nitrogen and oxygen atoms in total. The molecule has 22 heavy (non-hydrogen) atoms. The van der Waals surface area contributed by atoms with E-state index < -0.39 is 10.9 Å². The highest BCUT2D eigenvalue weighted by Gasteiger charge is 2.20. The first-order valence-electron chi connectivity index (χ1n) is 5.78. The van der Waals surface area contributed by atoms with Crippen molar-refractivity contribution in [1.82, 2.24) is 9.97 Å². The number of nitrogens with two attached hydrogens (primary N) is 1. The molecule has 0 unspecified atom stereocenters. The molecule has 114 valence electrons. The van der Waals surface area contributed by atoms with Crippen LogP contribution in [-0.2, 0) is 0 Å². The molecule has 0 bridgehead atoms. The molecule has 0 aliphatic carbocycles. The van der Waals surface area contributed by atoms with Gasteiger partial charge in [-0.05, 0) is 12.1 Å². The molecule has 0 amide bonds. The van der Waals surface area contributed by atoms with Crippen molar-refractivity contribution in [2.24, 2.45) is 0 Å². The highest BCUT2D eigenvalue weighted by molar-refractivity contribution is 7.99. The van der Waals surface area contributed by atoms with Gasteiger partial charge in [0.05, 0.1) is 22.5 Å². The zero-order chi connectivity index (χ0) is 16.3. The number of hydrogen-bond donors (Lipinski definition) is 2. The average molecular weight is 322 g/mol. The molecule has 1 heterocycles. The fourth-order valence-corrected chi connectivity index (χ4v) is 2.47. The number of nitrogen functional groups attached to an aromatic ring is 1. The first kappa shape index (κ1) is 15.5. The van der Waals surface area contributed by atoms with Gasteiger partial charge in [-0.1, -0.05) is 11.8 Å². The van der Waals surface area contributed by atoms with Crippen LogP contribution in [0.1, 0.15) is 10.4 Å². The van der Waals surface area contributed by atoms with Gasteiger partial charge < -0.3 is 15.6 Å². The van der Waals surface area contributed by atoms with Gasteiger partial charge >= 0.3 is 5.97 Å². The van der Waals surface area contributed by atoms with E-state index in [9.17, 15) is 14.9 Å². The van der Waals surface area contributed by atoms with Crippen molar-refractivity contribution < 1.29 is 19.6 Å². The van der Waals surface area contributed by atoms with Crippen molar-refractivity contribution in [2.45, 2.75) is 9.92 Å². The van der Waals surface area contributed by atoms with E-state index in [2.05, 4.69) is 9.97 Å². The Balaban J connectivity index is 2.45. The quantitative estimate of drug-likeness (QED) is 0.478. The number of ether oxygens (including phenoxy) is 1. The predicted octanol–water partition coefficient (Wildman–Crippen LogP) is 1.82. The minimum atomic E-state index is -1.25. The van der Waals surface area contributed by atoms with Gasteiger partial charge in [-0.3, -0.25) is 10.1 Å². The first-order chi connectivity index (χ1) is 10.4. The van der Waals surface area contributed by atoms with Crippen LogP contribution in [0.3, 0.4) is 0 Å². The van der Waals surface area contributed by atoms with E-state index in [1.54, 1.807) is 0 Å². The van der Waals surface area contributed by atoms with Crippen LogP contribution in [0.15, 0.2) is 34.4 Å². The van der Waals surface area contributed by atoms with Gasteiger partial charge in [0.25, 0.3) is 5.69 Å². The number of nitro groups is 1. The summed E-state index contributed by atoms with van der Waals surface area (Å²) in [6, 6.07) is 3.59. The maximum Gasteiger partial charge on any atom is 0.335 e. The van der Waals surface area contributed by atoms with Crippen molar-refractivity contribution in [3.63, 3.8) is 0 Å². The molecule has 0 aliphatic heterocycles. The molecular weight excluding hydrogens is 312 g/mol. The number of carboxylic acid groups (broad SMARTS) is 1. The summed E-state index contributed by atoms with van der Waals surface area (Å²) in [6.45, 7) is 0. The third-order valence-corrected chi connectivity index (χ3v) is 3.70. The Bertz CT molecular complexity index is 752. The lowest BCUT2D eigenvalue weighted by molar-refractivity contribution is -0.387. The second kappa shape index (κ2) is 6.26. The summed E-state index contributed by atoms with van der Waals surface area (Å²) in [5.41, 5.74) is 5.43. The zero-order valence-corrected chi connectivity index (χ0v) is 12.0. The summed E-state index contributed by atoms with van der Waals surface area (Å²) in [5, 5.41) is 20.3. The van der Waals surface area contributed by atoms with Crippen LogP contribution < -0.4 is 10.5 Å². The van der Waals surface area contributed by atoms with Gasteiger partial charge in [0.15, 0.2) is 0 Å². The number of anilines is 1. The topological polar surface area (TPSA) is 141 Å². The fraction of sp³-hybridized carbons (Fsp3) is 0.0833. The molecule has 10 heteroatoms. The van der Waals surface area contributed by atoms with E-state index in [0.29, 0.717) is 0 Å². The summed E-state index contributed by atoms with van der Waals surface area (Å²) in [7, 11) is 1.39. The normalized spacial score (nSPS) is 10.2. The van der Waals surface area contributed by atoms with E-state index in [1.807, 2.05) is 0 Å². The molecule has 0 spiro atoms. The molecule has 0 radical (unpaired) electrons. The zero-order valence-electron chi connectivity index (χ0n) is 11.2. The number of methoxy groups -OCH3 is 1. The van der Waals surface area contributed by atoms with Gasteiger partial charge in [0, 0.05) is 6.07 Å². The molecule has 2 rings (SSSR count). The number of carbonyl (C=O) groups is 1. The van der Waals surface area contributed by atoms with Crippen LogP contribution in [0.25, 0.3) is 0 Å². The Labute approximate surface area is 128 Å². The highest BCUT2D eigenvalue weighted by Crippen LogP contribution is 2.38. The van der Waals surface area contributed by atoms with Gasteiger partial charge in [-0.25, -0.2) is 9.78 Å². The molecule has 0 atom stereocenters. The highest BCUT2D eigenvalue weighted by atomic mass is 32.2. The Morgan fingerprint density at radius 3 is 2.77 bits per heavy atom. The Kier molecular flexibility index (Phi) is 4.41. The molecule has 0 aliphatic rings. The van der Waals surface area contributed by atoms with Crippen LogP contribution in [0, 0.1) is 10.1 Å². The molecule has 0 fully saturated rings. The Morgan fingerprint density at radius 1 is 1.45 bits per heavy atom. The van der Waals surface area contributed by atoms with E-state index in [4.69, 9.17) is 15.6 Å². The monoisotopic (exact) mass is 322 g/mol. The standard InChI is InChI=1S/C12H10N4O5S/c1-21-10-9(13)11(15-5-14-10)22-8-3-2-6(12(17)18)4-7(8)16(19)20/h2-5H,13H2,1H3,(H,17,18). The summed E-state index contributed by atoms with van der Waals surface area (Å²) >= 11 is 0.928. The maximum atomic E-state index is 11.1. The smallest absolute Gasteiger partial charge is 0.335 e. The SMILES string of the molecule is COc1ncnc(Sc2ccc(C(=O)O)cc2[N+](=O)[O-])c1N. The first-order valence-corrected chi connectivity index (χ1v) is 6.59. The van der Waals surface area contributed by atoms with E-state index in [0.717, 1.165) is 17.8 Å². The van der Waals surface area contributed by atoms with E-state index in [-0.39, 0.29) is 32.7 Å². The van der Waals surface area contributed by atoms with Crippen molar-refractivity contribution >= 4 is 29.1 Å². The maximum absolute atomic E-state index is 11.1. The largest absolute Gasteiger partial charge is 0.479 e. The van der Waals surface area contributed by atoms with Gasteiger partial charge in [0.2, 0.25) is 5.88 Å². The average Bonchev–Trinajstić information content (AvgIpc) is 2.49. The van der Waals surface area contributed by atoms with Gasteiger partial charge in [-0.2, -0.15) is 4.98 Å². The molecule has 0 saturated heterocycles. The number of aromatic carboxylic acids is 1. The molecular formula is C12H10N4O5S. The third-order valence-electron chi connectivity index (χ3n) is 2.61. The summed E-state index contributed by atoms with van der Waals surface area (Å²) in [4.78, 5) is 29.3. The van der Waals surface area contributed by atoms with Crippen LogP contribution in [-0.4, -0.2) is 33.1 Å². The number of aromatic nitrogens is 2. The summed E-state index contributed by atoms with van der Waals surface area (Å²) in [5.74, 6) is -1.09. The lowest BCUT2D eigenvalue weighted by atomic mass is 10.2. The van der Waals surface area contributed by atoms with Gasteiger partial charge in [0.1, 0.15) is 17.0 Å². The Hall–Kier alpha value is -2.88. The van der Waals surface area contributed by atoms with Gasteiger partial charge in [-0.15, -0.1) is 0 Å². The van der Waals surface area contributed by atoms with Crippen LogP contribution in [0.5, 0.6) is 5.88 Å². The van der Waals surface area contributed by atoms with Crippen molar-refractivity contribution in [3.8, 4) is 5.88 Å². The number of hydrogen-bond acceptors (Lipinski definition) is 8. The number of nitro benzene ring substituents is 1. The van der Waals surface area contributed by atoms with Crippen LogP contribution >= 0.6 is 11.8 Å². The summed E-state index contributed by atoms with van der Waals surface area (Å²) in [6.07, 6.45) is 1.22. The molecule has 1 aromatic heterocycles. The second-order valence-corrected chi connectivity index (χ2v) is 4.98. The minimum Gasteiger partial charge on any atom is -0.479 e. The van der Waals surface area contributed by atoms with E-state index in [1.165, 1.54) is 25.6 Å². The third kappa shape index (κ3) is 3.06. The van der Waals surface area contributed by atoms with Crippen molar-refractivity contribution in [2.75, 3.05) is 12.8 Å². The molecule has 0 saturated carbocycles. The number of nitrogens with zero attached hydrogens (tertiary/aromatic N) is 3. The van der Waals surface area contributed by atoms with Crippen molar-refractivity contribution in [1.29, 1.82) is 0 Å². The molecule has 2 aromatic rings. The Morgan fingerprint density at radius 2 is 2.18 bits per heavy atom. The van der Waals surface area contributed by atoms with Crippen molar-refractivity contribution in [3.05, 3.63) is 40.2 Å². The second-order valence-electron chi connectivity index (χ2n) is 3.95. The summed E-state index contributed by atoms with van der Waals surface area (Å²) < 4.78 is 4.95. The number of benzene rings is 1. The number of rotatable bonds is 5. The number of carboxylic acids is 1. The fourth-order valence-electron chi connectivity index (χ4n) is 1.59. The lowest BCUT2D eigenvalue weighted by Crippen LogP contribution is -2.01. The van der Waals surface area contributed by atoms with Crippen LogP contribution in [0.2, 0.25) is 0 Å². The predicted molar refractivity (Wildman–Crippen MR) is 77.2 cm³/mol.